The Balaban J connectivity index is 1.88. The van der Waals surface area contributed by atoms with Crippen molar-refractivity contribution in [2.24, 2.45) is 0 Å². The predicted molar refractivity (Wildman–Crippen MR) is 99.8 cm³/mol. The van der Waals surface area contributed by atoms with Crippen molar-refractivity contribution in [1.29, 1.82) is 0 Å². The fourth-order valence-corrected chi connectivity index (χ4v) is 3.02. The van der Waals surface area contributed by atoms with Crippen LogP contribution in [0, 0.1) is 0 Å². The summed E-state index contributed by atoms with van der Waals surface area (Å²) in [6.07, 6.45) is 5.01. The molecule has 8 heteroatoms. The highest BCUT2D eigenvalue weighted by molar-refractivity contribution is 5.86. The highest BCUT2D eigenvalue weighted by Gasteiger charge is 2.22. The van der Waals surface area contributed by atoms with Gasteiger partial charge in [0.2, 0.25) is 5.95 Å². The summed E-state index contributed by atoms with van der Waals surface area (Å²) in [5.74, 6) is 1.23. The van der Waals surface area contributed by atoms with Gasteiger partial charge >= 0.3 is 0 Å². The molecule has 0 radical (unpaired) electrons. The third kappa shape index (κ3) is 2.51. The number of benzene rings is 1. The third-order valence-electron chi connectivity index (χ3n) is 4.18. The van der Waals surface area contributed by atoms with Gasteiger partial charge in [0.1, 0.15) is 11.2 Å². The van der Waals surface area contributed by atoms with Gasteiger partial charge in [-0.25, -0.2) is 4.98 Å². The summed E-state index contributed by atoms with van der Waals surface area (Å²) < 4.78 is 7.25. The summed E-state index contributed by atoms with van der Waals surface area (Å²) >= 11 is 0. The van der Waals surface area contributed by atoms with Gasteiger partial charge in [-0.15, -0.1) is 5.10 Å². The molecule has 130 valence electrons. The van der Waals surface area contributed by atoms with E-state index in [1.165, 1.54) is 0 Å². The lowest BCUT2D eigenvalue weighted by Crippen LogP contribution is -2.08. The minimum atomic E-state index is 0.119. The number of nitrogens with zero attached hydrogens (tertiary/aromatic N) is 6. The topological polar surface area (TPSA) is 109 Å². The molecule has 0 aliphatic heterocycles. The summed E-state index contributed by atoms with van der Waals surface area (Å²) in [7, 11) is 0. The standard InChI is InChI=1S/C19H13N7O/c20-19-22-17(15-6-3-11-27-15)16(12-7-9-21-10-8-12)18(23-19)26-14-5-2-1-4-13(14)24-25-26/h1-11H,(H2,20,22,23). The molecule has 0 amide bonds. The first-order valence-corrected chi connectivity index (χ1v) is 8.24. The highest BCUT2D eigenvalue weighted by atomic mass is 16.3. The summed E-state index contributed by atoms with van der Waals surface area (Å²) in [5, 5.41) is 8.52. The Labute approximate surface area is 153 Å². The Morgan fingerprint density at radius 2 is 1.78 bits per heavy atom. The van der Waals surface area contributed by atoms with E-state index in [4.69, 9.17) is 10.2 Å². The molecular formula is C19H13N7O. The smallest absolute Gasteiger partial charge is 0.222 e. The van der Waals surface area contributed by atoms with Gasteiger partial charge in [0, 0.05) is 12.4 Å². The summed E-state index contributed by atoms with van der Waals surface area (Å²) in [5.41, 5.74) is 9.78. The molecule has 0 atom stereocenters. The number of hydrogen-bond donors (Lipinski definition) is 1. The van der Waals surface area contributed by atoms with E-state index < -0.39 is 0 Å². The number of fused-ring (bicyclic) bond motifs is 1. The Bertz CT molecular complexity index is 1230. The van der Waals surface area contributed by atoms with Crippen molar-refractivity contribution in [1.82, 2.24) is 29.9 Å². The number of furan rings is 1. The first-order valence-electron chi connectivity index (χ1n) is 8.24. The number of nitrogen functional groups attached to an aromatic ring is 1. The molecule has 0 fully saturated rings. The Morgan fingerprint density at radius 3 is 2.59 bits per heavy atom. The second-order valence-corrected chi connectivity index (χ2v) is 5.83. The number of pyridine rings is 1. The Hall–Kier alpha value is -4.07. The van der Waals surface area contributed by atoms with E-state index in [1.54, 1.807) is 29.4 Å². The van der Waals surface area contributed by atoms with Crippen LogP contribution < -0.4 is 5.73 Å². The maximum absolute atomic E-state index is 6.02. The first-order chi connectivity index (χ1) is 13.3. The molecule has 0 unspecified atom stereocenters. The van der Waals surface area contributed by atoms with E-state index in [9.17, 15) is 0 Å². The lowest BCUT2D eigenvalue weighted by Gasteiger charge is -2.13. The van der Waals surface area contributed by atoms with Gasteiger partial charge in [-0.05, 0) is 42.0 Å². The normalized spacial score (nSPS) is 11.1. The molecule has 4 heterocycles. The summed E-state index contributed by atoms with van der Waals surface area (Å²) in [6.45, 7) is 0. The Morgan fingerprint density at radius 1 is 0.926 bits per heavy atom. The number of rotatable bonds is 3. The van der Waals surface area contributed by atoms with Crippen LogP contribution >= 0.6 is 0 Å². The van der Waals surface area contributed by atoms with E-state index in [-0.39, 0.29) is 5.95 Å². The van der Waals surface area contributed by atoms with Crippen LogP contribution in [0.25, 0.3) is 39.4 Å². The maximum Gasteiger partial charge on any atom is 0.222 e. The molecule has 8 nitrogen and oxygen atoms in total. The molecule has 0 aliphatic carbocycles. The number of aromatic nitrogens is 6. The molecule has 0 aliphatic rings. The van der Waals surface area contributed by atoms with E-state index in [0.29, 0.717) is 17.3 Å². The highest BCUT2D eigenvalue weighted by Crippen LogP contribution is 2.35. The van der Waals surface area contributed by atoms with Gasteiger partial charge in [-0.3, -0.25) is 4.98 Å². The van der Waals surface area contributed by atoms with Gasteiger partial charge in [0.25, 0.3) is 0 Å². The van der Waals surface area contributed by atoms with E-state index in [1.807, 2.05) is 42.5 Å². The molecular weight excluding hydrogens is 342 g/mol. The van der Waals surface area contributed by atoms with Gasteiger partial charge in [-0.2, -0.15) is 9.67 Å². The average molecular weight is 355 g/mol. The molecule has 0 bridgehead atoms. The van der Waals surface area contributed by atoms with E-state index in [2.05, 4.69) is 25.3 Å². The van der Waals surface area contributed by atoms with Crippen LogP contribution in [0.2, 0.25) is 0 Å². The van der Waals surface area contributed by atoms with E-state index >= 15 is 0 Å². The van der Waals surface area contributed by atoms with Crippen LogP contribution in [0.1, 0.15) is 0 Å². The van der Waals surface area contributed by atoms with Crippen LogP contribution in [-0.4, -0.2) is 29.9 Å². The Kier molecular flexibility index (Phi) is 3.39. The van der Waals surface area contributed by atoms with Crippen molar-refractivity contribution in [3.05, 3.63) is 67.2 Å². The molecule has 0 spiro atoms. The molecule has 0 saturated carbocycles. The fourth-order valence-electron chi connectivity index (χ4n) is 3.02. The molecule has 27 heavy (non-hydrogen) atoms. The third-order valence-corrected chi connectivity index (χ3v) is 4.18. The lowest BCUT2D eigenvalue weighted by molar-refractivity contribution is 0.580. The van der Waals surface area contributed by atoms with Crippen molar-refractivity contribution >= 4 is 17.0 Å². The van der Waals surface area contributed by atoms with Gasteiger partial charge < -0.3 is 10.2 Å². The van der Waals surface area contributed by atoms with Crippen molar-refractivity contribution in [2.45, 2.75) is 0 Å². The second-order valence-electron chi connectivity index (χ2n) is 5.83. The van der Waals surface area contributed by atoms with Crippen molar-refractivity contribution < 1.29 is 4.42 Å². The van der Waals surface area contributed by atoms with Crippen molar-refractivity contribution in [3.63, 3.8) is 0 Å². The summed E-state index contributed by atoms with van der Waals surface area (Å²) in [6, 6.07) is 15.0. The minimum absolute atomic E-state index is 0.119. The van der Waals surface area contributed by atoms with Gasteiger partial charge in [0.15, 0.2) is 11.6 Å². The van der Waals surface area contributed by atoms with Crippen LogP contribution in [0.15, 0.2) is 71.6 Å². The molecule has 4 aromatic heterocycles. The number of hydrogen-bond acceptors (Lipinski definition) is 7. The first kappa shape index (κ1) is 15.2. The molecule has 5 rings (SSSR count). The zero-order chi connectivity index (χ0) is 18.2. The monoisotopic (exact) mass is 355 g/mol. The van der Waals surface area contributed by atoms with Crippen molar-refractivity contribution in [3.8, 4) is 28.4 Å². The minimum Gasteiger partial charge on any atom is -0.463 e. The summed E-state index contributed by atoms with van der Waals surface area (Å²) in [4.78, 5) is 13.0. The molecule has 2 N–H and O–H groups in total. The zero-order valence-electron chi connectivity index (χ0n) is 14.0. The fraction of sp³-hybridized carbons (Fsp3) is 0. The number of para-hydroxylation sites is 1. The molecule has 5 aromatic rings. The van der Waals surface area contributed by atoms with Crippen LogP contribution in [0.5, 0.6) is 0 Å². The quantitative estimate of drug-likeness (QED) is 0.529. The van der Waals surface area contributed by atoms with Gasteiger partial charge in [0.05, 0.1) is 17.3 Å². The van der Waals surface area contributed by atoms with Crippen LogP contribution in [0.4, 0.5) is 5.95 Å². The van der Waals surface area contributed by atoms with E-state index in [0.717, 1.165) is 22.2 Å². The van der Waals surface area contributed by atoms with Crippen molar-refractivity contribution in [2.75, 3.05) is 5.73 Å². The number of anilines is 1. The predicted octanol–water partition coefficient (Wildman–Crippen LogP) is 3.11. The molecule has 1 aromatic carbocycles. The largest absolute Gasteiger partial charge is 0.463 e. The maximum atomic E-state index is 6.02. The lowest BCUT2D eigenvalue weighted by atomic mass is 10.0. The number of nitrogens with two attached hydrogens (primary N) is 1. The van der Waals surface area contributed by atoms with Gasteiger partial charge in [-0.1, -0.05) is 17.3 Å². The molecule has 0 saturated heterocycles. The second kappa shape index (κ2) is 6.03. The van der Waals surface area contributed by atoms with Crippen LogP contribution in [-0.2, 0) is 0 Å². The average Bonchev–Trinajstić information content (AvgIpc) is 3.38. The SMILES string of the molecule is Nc1nc(-c2ccco2)c(-c2ccncc2)c(-n2nnc3ccccc32)n1. The van der Waals surface area contributed by atoms with Crippen LogP contribution in [0.3, 0.4) is 0 Å². The zero-order valence-corrected chi connectivity index (χ0v) is 14.0.